The predicted octanol–water partition coefficient (Wildman–Crippen LogP) is -0.584. The van der Waals surface area contributed by atoms with Crippen LogP contribution in [0.2, 0.25) is 0 Å². The topological polar surface area (TPSA) is 87.7 Å². The van der Waals surface area contributed by atoms with Gasteiger partial charge in [0, 0.05) is 38.5 Å². The van der Waals surface area contributed by atoms with Crippen LogP contribution in [0.25, 0.3) is 0 Å². The fourth-order valence-electron chi connectivity index (χ4n) is 2.21. The molecular formula is C13H22N2O4. The summed E-state index contributed by atoms with van der Waals surface area (Å²) < 4.78 is 5.09. The predicted molar refractivity (Wildman–Crippen MR) is 68.3 cm³/mol. The number of ether oxygens (including phenoxy) is 1. The molecule has 1 saturated heterocycles. The fourth-order valence-corrected chi connectivity index (χ4v) is 2.21. The van der Waals surface area contributed by atoms with Gasteiger partial charge in [0.05, 0.1) is 6.61 Å². The minimum atomic E-state index is -0.928. The number of hydrogen-bond acceptors (Lipinski definition) is 4. The van der Waals surface area contributed by atoms with Crippen LogP contribution in [0.3, 0.4) is 0 Å². The van der Waals surface area contributed by atoms with Gasteiger partial charge in [0.2, 0.25) is 11.8 Å². The molecule has 6 nitrogen and oxygen atoms in total. The van der Waals surface area contributed by atoms with Crippen LogP contribution < -0.4 is 10.6 Å². The SMILES string of the molecule is CC1CC1C(=O)NCCC(=O)NCC1(O)CCOC1. The van der Waals surface area contributed by atoms with Crippen molar-refractivity contribution in [3.63, 3.8) is 0 Å². The molecule has 0 aromatic carbocycles. The van der Waals surface area contributed by atoms with E-state index in [1.807, 2.05) is 6.92 Å². The summed E-state index contributed by atoms with van der Waals surface area (Å²) in [6, 6.07) is 0. The molecule has 0 bridgehead atoms. The average Bonchev–Trinajstić information content (AvgIpc) is 2.94. The quantitative estimate of drug-likeness (QED) is 0.602. The maximum absolute atomic E-state index is 11.6. The largest absolute Gasteiger partial charge is 0.386 e. The van der Waals surface area contributed by atoms with Crippen LogP contribution >= 0.6 is 0 Å². The normalized spacial score (nSPS) is 32.9. The minimum absolute atomic E-state index is 0.0446. The lowest BCUT2D eigenvalue weighted by Gasteiger charge is -2.20. The van der Waals surface area contributed by atoms with Crippen LogP contribution in [-0.2, 0) is 14.3 Å². The maximum atomic E-state index is 11.6. The molecular weight excluding hydrogens is 248 g/mol. The fraction of sp³-hybridized carbons (Fsp3) is 0.846. The standard InChI is InChI=1S/C13H22N2O4/c1-9-6-10(9)12(17)14-4-2-11(16)15-7-13(18)3-5-19-8-13/h9-10,18H,2-8H2,1H3,(H,14,17)(H,15,16). The first-order chi connectivity index (χ1) is 9.00. The molecule has 0 spiro atoms. The third-order valence-electron chi connectivity index (χ3n) is 3.79. The second kappa shape index (κ2) is 5.88. The number of aliphatic hydroxyl groups is 1. The van der Waals surface area contributed by atoms with Gasteiger partial charge in [0.25, 0.3) is 0 Å². The van der Waals surface area contributed by atoms with Crippen molar-refractivity contribution >= 4 is 11.8 Å². The van der Waals surface area contributed by atoms with Gasteiger partial charge in [-0.2, -0.15) is 0 Å². The van der Waals surface area contributed by atoms with Gasteiger partial charge in [-0.1, -0.05) is 6.92 Å². The van der Waals surface area contributed by atoms with Gasteiger partial charge >= 0.3 is 0 Å². The van der Waals surface area contributed by atoms with Crippen molar-refractivity contribution in [3.8, 4) is 0 Å². The molecule has 2 amide bonds. The van der Waals surface area contributed by atoms with Crippen molar-refractivity contribution in [3.05, 3.63) is 0 Å². The Balaban J connectivity index is 1.55. The summed E-state index contributed by atoms with van der Waals surface area (Å²) in [4.78, 5) is 23.1. The van der Waals surface area contributed by atoms with Crippen LogP contribution in [0.5, 0.6) is 0 Å². The highest BCUT2D eigenvalue weighted by Crippen LogP contribution is 2.37. The Morgan fingerprint density at radius 2 is 2.16 bits per heavy atom. The summed E-state index contributed by atoms with van der Waals surface area (Å²) in [6.07, 6.45) is 1.73. The summed E-state index contributed by atoms with van der Waals surface area (Å²) in [5.41, 5.74) is -0.928. The summed E-state index contributed by atoms with van der Waals surface area (Å²) in [6.45, 7) is 3.40. The maximum Gasteiger partial charge on any atom is 0.223 e. The van der Waals surface area contributed by atoms with Gasteiger partial charge in [-0.05, 0) is 12.3 Å². The molecule has 2 fully saturated rings. The molecule has 6 heteroatoms. The Labute approximate surface area is 112 Å². The van der Waals surface area contributed by atoms with Crippen LogP contribution in [0.15, 0.2) is 0 Å². The number of carbonyl (C=O) groups excluding carboxylic acids is 2. The van der Waals surface area contributed by atoms with Crippen molar-refractivity contribution in [2.24, 2.45) is 11.8 Å². The van der Waals surface area contributed by atoms with Gasteiger partial charge in [0.15, 0.2) is 0 Å². The summed E-state index contributed by atoms with van der Waals surface area (Å²) in [7, 11) is 0. The Morgan fingerprint density at radius 1 is 1.42 bits per heavy atom. The molecule has 3 N–H and O–H groups in total. The van der Waals surface area contributed by atoms with E-state index in [9.17, 15) is 14.7 Å². The van der Waals surface area contributed by atoms with E-state index in [4.69, 9.17) is 4.74 Å². The van der Waals surface area contributed by atoms with Crippen LogP contribution in [0.1, 0.15) is 26.2 Å². The Bertz CT molecular complexity index is 353. The first-order valence-electron chi connectivity index (χ1n) is 6.85. The van der Waals surface area contributed by atoms with Crippen molar-refractivity contribution in [1.82, 2.24) is 10.6 Å². The summed E-state index contributed by atoms with van der Waals surface area (Å²) in [5.74, 6) is 0.498. The van der Waals surface area contributed by atoms with Crippen molar-refractivity contribution in [2.75, 3.05) is 26.3 Å². The van der Waals surface area contributed by atoms with Gasteiger partial charge < -0.3 is 20.5 Å². The first kappa shape index (κ1) is 14.3. The summed E-state index contributed by atoms with van der Waals surface area (Å²) in [5, 5.41) is 15.4. The van der Waals surface area contributed by atoms with Gasteiger partial charge in [-0.15, -0.1) is 0 Å². The number of rotatable bonds is 6. The molecule has 1 heterocycles. The molecule has 0 aromatic heterocycles. The second-order valence-electron chi connectivity index (χ2n) is 5.66. The molecule has 2 rings (SSSR count). The molecule has 1 aliphatic carbocycles. The summed E-state index contributed by atoms with van der Waals surface area (Å²) >= 11 is 0. The molecule has 3 atom stereocenters. The Morgan fingerprint density at radius 3 is 2.74 bits per heavy atom. The smallest absolute Gasteiger partial charge is 0.223 e. The van der Waals surface area contributed by atoms with E-state index in [0.29, 0.717) is 25.5 Å². The number of hydrogen-bond donors (Lipinski definition) is 3. The molecule has 0 aromatic rings. The highest BCUT2D eigenvalue weighted by Gasteiger charge is 2.38. The Kier molecular flexibility index (Phi) is 4.42. The van der Waals surface area contributed by atoms with E-state index in [1.54, 1.807) is 0 Å². The number of carbonyl (C=O) groups is 2. The first-order valence-corrected chi connectivity index (χ1v) is 6.85. The van der Waals surface area contributed by atoms with E-state index < -0.39 is 5.60 Å². The average molecular weight is 270 g/mol. The van der Waals surface area contributed by atoms with E-state index in [1.165, 1.54) is 0 Å². The van der Waals surface area contributed by atoms with Crippen molar-refractivity contribution in [2.45, 2.75) is 31.8 Å². The highest BCUT2D eigenvalue weighted by atomic mass is 16.5. The molecule has 2 aliphatic rings. The van der Waals surface area contributed by atoms with Gasteiger partial charge in [-0.3, -0.25) is 9.59 Å². The lowest BCUT2D eigenvalue weighted by atomic mass is 10.0. The van der Waals surface area contributed by atoms with E-state index in [0.717, 1.165) is 6.42 Å². The zero-order valence-electron chi connectivity index (χ0n) is 11.3. The third kappa shape index (κ3) is 4.18. The molecule has 1 aliphatic heterocycles. The van der Waals surface area contributed by atoms with E-state index in [2.05, 4.69) is 10.6 Å². The van der Waals surface area contributed by atoms with Gasteiger partial charge in [0.1, 0.15) is 5.60 Å². The Hall–Kier alpha value is -1.14. The lowest BCUT2D eigenvalue weighted by Crippen LogP contribution is -2.44. The minimum Gasteiger partial charge on any atom is -0.386 e. The third-order valence-corrected chi connectivity index (χ3v) is 3.79. The molecule has 0 radical (unpaired) electrons. The van der Waals surface area contributed by atoms with Crippen molar-refractivity contribution < 1.29 is 19.4 Å². The highest BCUT2D eigenvalue weighted by molar-refractivity contribution is 5.82. The molecule has 108 valence electrons. The molecule has 19 heavy (non-hydrogen) atoms. The second-order valence-corrected chi connectivity index (χ2v) is 5.66. The van der Waals surface area contributed by atoms with E-state index in [-0.39, 0.29) is 37.3 Å². The molecule has 3 unspecified atom stereocenters. The number of nitrogens with one attached hydrogen (secondary N) is 2. The van der Waals surface area contributed by atoms with Gasteiger partial charge in [-0.25, -0.2) is 0 Å². The zero-order valence-corrected chi connectivity index (χ0v) is 11.3. The van der Waals surface area contributed by atoms with Crippen molar-refractivity contribution in [1.29, 1.82) is 0 Å². The molecule has 1 saturated carbocycles. The number of amides is 2. The monoisotopic (exact) mass is 270 g/mol. The van der Waals surface area contributed by atoms with Crippen LogP contribution in [0.4, 0.5) is 0 Å². The van der Waals surface area contributed by atoms with E-state index >= 15 is 0 Å². The zero-order chi connectivity index (χ0) is 13.9. The van der Waals surface area contributed by atoms with Crippen LogP contribution in [-0.4, -0.2) is 48.8 Å². The van der Waals surface area contributed by atoms with Crippen LogP contribution in [0, 0.1) is 11.8 Å². The lowest BCUT2D eigenvalue weighted by molar-refractivity contribution is -0.123.